The summed E-state index contributed by atoms with van der Waals surface area (Å²) in [5.74, 6) is 0.877. The van der Waals surface area contributed by atoms with Crippen LogP contribution in [0.5, 0.6) is 17.4 Å². The van der Waals surface area contributed by atoms with Crippen molar-refractivity contribution in [1.29, 1.82) is 0 Å². The van der Waals surface area contributed by atoms with Gasteiger partial charge in [-0.3, -0.25) is 0 Å². The van der Waals surface area contributed by atoms with Gasteiger partial charge in [-0.05, 0) is 26.0 Å². The topological polar surface area (TPSA) is 62.8 Å². The van der Waals surface area contributed by atoms with Gasteiger partial charge in [0.05, 0.1) is 0 Å². The molecule has 0 atom stereocenters. The highest BCUT2D eigenvalue weighted by molar-refractivity contribution is 5.78. The molecule has 0 aliphatic carbocycles. The first-order valence-electron chi connectivity index (χ1n) is 7.12. The summed E-state index contributed by atoms with van der Waals surface area (Å²) >= 11 is 0. The minimum Gasteiger partial charge on any atom is -0.504 e. The molecule has 22 heavy (non-hydrogen) atoms. The summed E-state index contributed by atoms with van der Waals surface area (Å²) in [6, 6.07) is 14.6. The van der Waals surface area contributed by atoms with E-state index in [0.717, 1.165) is 23.0 Å². The van der Waals surface area contributed by atoms with Crippen LogP contribution in [-0.2, 0) is 6.42 Å². The van der Waals surface area contributed by atoms with Crippen molar-refractivity contribution in [3.63, 3.8) is 0 Å². The molecule has 1 aliphatic rings. The summed E-state index contributed by atoms with van der Waals surface area (Å²) in [4.78, 5) is 0. The van der Waals surface area contributed by atoms with Crippen molar-refractivity contribution in [3.8, 4) is 17.4 Å². The van der Waals surface area contributed by atoms with Gasteiger partial charge < -0.3 is 19.4 Å². The van der Waals surface area contributed by atoms with Crippen molar-refractivity contribution in [2.24, 2.45) is 0 Å². The second kappa shape index (κ2) is 5.30. The van der Waals surface area contributed by atoms with E-state index in [0.29, 0.717) is 5.75 Å². The van der Waals surface area contributed by atoms with E-state index in [2.05, 4.69) is 0 Å². The Morgan fingerprint density at radius 2 is 1.77 bits per heavy atom. The number of hydrogen-bond acceptors (Lipinski definition) is 4. The van der Waals surface area contributed by atoms with Crippen LogP contribution in [0.15, 0.2) is 52.9 Å². The lowest BCUT2D eigenvalue weighted by Gasteiger charge is -2.16. The van der Waals surface area contributed by atoms with Gasteiger partial charge in [0.25, 0.3) is 5.95 Å². The van der Waals surface area contributed by atoms with Crippen molar-refractivity contribution < 1.29 is 19.4 Å². The average Bonchev–Trinajstić information content (AvgIpc) is 2.97. The first kappa shape index (κ1) is 14.3. The molecule has 0 fully saturated rings. The number of ether oxygens (including phenoxy) is 1. The number of phenols is 1. The van der Waals surface area contributed by atoms with Crippen LogP contribution >= 0.6 is 0 Å². The lowest BCUT2D eigenvalue weighted by molar-refractivity contribution is 0.134. The lowest BCUT2D eigenvalue weighted by Crippen LogP contribution is -2.24. The first-order chi connectivity index (χ1) is 10.4. The standard InChI is InChI=1S/C10H12O2.C8H6O2/c1-10(2)6-7-4-3-5-8(11)9(7)12-10;9-8-5-6-3-1-2-4-7(6)10-8/h3-5,11H,6H2,1-2H3;1-5,9H. The Kier molecular flexibility index (Phi) is 3.45. The first-order valence-corrected chi connectivity index (χ1v) is 7.12. The molecule has 0 saturated carbocycles. The number of fused-ring (bicyclic) bond motifs is 2. The van der Waals surface area contributed by atoms with E-state index in [4.69, 9.17) is 14.3 Å². The fourth-order valence-corrected chi connectivity index (χ4v) is 2.57. The Morgan fingerprint density at radius 3 is 2.50 bits per heavy atom. The molecule has 1 aromatic heterocycles. The highest BCUT2D eigenvalue weighted by atomic mass is 16.5. The van der Waals surface area contributed by atoms with E-state index in [9.17, 15) is 5.11 Å². The van der Waals surface area contributed by atoms with Crippen molar-refractivity contribution in [3.05, 3.63) is 54.1 Å². The molecule has 2 heterocycles. The van der Waals surface area contributed by atoms with Crippen LogP contribution < -0.4 is 4.74 Å². The summed E-state index contributed by atoms with van der Waals surface area (Å²) < 4.78 is 10.5. The third kappa shape index (κ3) is 2.86. The van der Waals surface area contributed by atoms with Gasteiger partial charge in [0.2, 0.25) is 0 Å². The van der Waals surface area contributed by atoms with Crippen LogP contribution in [0.1, 0.15) is 19.4 Å². The van der Waals surface area contributed by atoms with E-state index in [1.807, 2.05) is 50.2 Å². The average molecular weight is 298 g/mol. The van der Waals surface area contributed by atoms with Gasteiger partial charge in [-0.2, -0.15) is 0 Å². The van der Waals surface area contributed by atoms with E-state index in [1.165, 1.54) is 0 Å². The zero-order chi connectivity index (χ0) is 15.7. The number of hydrogen-bond donors (Lipinski definition) is 2. The number of para-hydroxylation sites is 2. The quantitative estimate of drug-likeness (QED) is 0.651. The molecule has 4 heteroatoms. The van der Waals surface area contributed by atoms with Crippen molar-refractivity contribution in [2.45, 2.75) is 25.9 Å². The van der Waals surface area contributed by atoms with Gasteiger partial charge in [-0.25, -0.2) is 0 Å². The maximum atomic E-state index is 9.44. The zero-order valence-electron chi connectivity index (χ0n) is 12.5. The Labute approximate surface area is 128 Å². The van der Waals surface area contributed by atoms with Crippen LogP contribution in [0.25, 0.3) is 11.0 Å². The zero-order valence-corrected chi connectivity index (χ0v) is 12.5. The summed E-state index contributed by atoms with van der Waals surface area (Å²) in [7, 11) is 0. The molecule has 1 aliphatic heterocycles. The van der Waals surface area contributed by atoms with Crippen LogP contribution in [0.4, 0.5) is 0 Å². The van der Waals surface area contributed by atoms with Crippen LogP contribution in [0.2, 0.25) is 0 Å². The number of rotatable bonds is 0. The summed E-state index contributed by atoms with van der Waals surface area (Å²) in [5, 5.41) is 19.3. The maximum absolute atomic E-state index is 9.44. The maximum Gasteiger partial charge on any atom is 0.282 e. The molecule has 0 saturated heterocycles. The molecule has 2 N–H and O–H groups in total. The molecular weight excluding hydrogens is 280 g/mol. The van der Waals surface area contributed by atoms with Crippen molar-refractivity contribution in [2.75, 3.05) is 0 Å². The number of aromatic hydroxyl groups is 2. The fourth-order valence-electron chi connectivity index (χ4n) is 2.57. The third-order valence-electron chi connectivity index (χ3n) is 3.48. The second-order valence-electron chi connectivity index (χ2n) is 5.93. The van der Waals surface area contributed by atoms with Gasteiger partial charge in [0, 0.05) is 23.4 Å². The lowest BCUT2D eigenvalue weighted by atomic mass is 10.0. The molecule has 0 spiro atoms. The third-order valence-corrected chi connectivity index (χ3v) is 3.48. The second-order valence-corrected chi connectivity index (χ2v) is 5.93. The molecule has 0 radical (unpaired) electrons. The number of furan rings is 1. The van der Waals surface area contributed by atoms with E-state index in [1.54, 1.807) is 12.1 Å². The fraction of sp³-hybridized carbons (Fsp3) is 0.222. The summed E-state index contributed by atoms with van der Waals surface area (Å²) in [6.07, 6.45) is 0.872. The molecule has 4 nitrogen and oxygen atoms in total. The van der Waals surface area contributed by atoms with Crippen LogP contribution in [0.3, 0.4) is 0 Å². The van der Waals surface area contributed by atoms with Gasteiger partial charge >= 0.3 is 0 Å². The minimum atomic E-state index is -0.166. The van der Waals surface area contributed by atoms with E-state index in [-0.39, 0.29) is 17.3 Å². The Balaban J connectivity index is 0.000000133. The molecule has 2 aromatic carbocycles. The van der Waals surface area contributed by atoms with E-state index >= 15 is 0 Å². The number of phenolic OH excluding ortho intramolecular Hbond substituents is 1. The molecule has 0 unspecified atom stereocenters. The highest BCUT2D eigenvalue weighted by Crippen LogP contribution is 2.40. The summed E-state index contributed by atoms with van der Waals surface area (Å²) in [6.45, 7) is 4.04. The largest absolute Gasteiger partial charge is 0.504 e. The van der Waals surface area contributed by atoms with Gasteiger partial charge in [0.15, 0.2) is 11.5 Å². The monoisotopic (exact) mass is 298 g/mol. The van der Waals surface area contributed by atoms with Gasteiger partial charge in [-0.1, -0.05) is 30.3 Å². The predicted octanol–water partition coefficient (Wildman–Crippen LogP) is 4.24. The predicted molar refractivity (Wildman–Crippen MR) is 84.4 cm³/mol. The van der Waals surface area contributed by atoms with Crippen LogP contribution in [-0.4, -0.2) is 15.8 Å². The minimum absolute atomic E-state index is 0.0267. The molecule has 3 aromatic rings. The highest BCUT2D eigenvalue weighted by Gasteiger charge is 2.31. The molecule has 114 valence electrons. The smallest absolute Gasteiger partial charge is 0.282 e. The SMILES string of the molecule is CC1(C)Cc2cccc(O)c2O1.Oc1cc2ccccc2o1. The Bertz CT molecular complexity index is 769. The molecule has 0 bridgehead atoms. The van der Waals surface area contributed by atoms with E-state index < -0.39 is 0 Å². The van der Waals surface area contributed by atoms with Crippen LogP contribution in [0, 0.1) is 0 Å². The number of benzene rings is 2. The Hall–Kier alpha value is -2.62. The normalized spacial score (nSPS) is 14.8. The van der Waals surface area contributed by atoms with Crippen molar-refractivity contribution in [1.82, 2.24) is 0 Å². The summed E-state index contributed by atoms with van der Waals surface area (Å²) in [5.41, 5.74) is 1.65. The molecule has 0 amide bonds. The van der Waals surface area contributed by atoms with Gasteiger partial charge in [0.1, 0.15) is 11.2 Å². The Morgan fingerprint density at radius 1 is 1.00 bits per heavy atom. The van der Waals surface area contributed by atoms with Crippen molar-refractivity contribution >= 4 is 11.0 Å². The van der Waals surface area contributed by atoms with Gasteiger partial charge in [-0.15, -0.1) is 0 Å². The molecule has 4 rings (SSSR count). The molecular formula is C18H18O4.